The molecule has 4 rings (SSSR count). The molecule has 0 aliphatic carbocycles. The van der Waals surface area contributed by atoms with E-state index in [2.05, 4.69) is 5.32 Å². The van der Waals surface area contributed by atoms with Crippen molar-refractivity contribution in [1.82, 2.24) is 10.2 Å². The van der Waals surface area contributed by atoms with Crippen LogP contribution in [0.1, 0.15) is 47.0 Å². The van der Waals surface area contributed by atoms with E-state index in [9.17, 15) is 10.2 Å². The summed E-state index contributed by atoms with van der Waals surface area (Å²) in [6.07, 6.45) is -7.81. The standard InChI is InChI=1S/C23H30N2O4/c26-16-20(17-6-2-1-3-7-17)24-19(15-25-10-4-5-11-25)23(27)18-8-9-21-22(14-18)29-13-12-28-21/h1-3,6-9,14,19-20,23-24,26-27H,4-5,10-13,15-16H2/t19-,20?,23-/m1/s1/i4D2,5D2,10D2,11D2. The zero-order valence-corrected chi connectivity index (χ0v) is 15.8. The number of rotatable bonds is 8. The zero-order chi connectivity index (χ0) is 27.2. The highest BCUT2D eigenvalue weighted by Gasteiger charge is 2.28. The third-order valence-electron chi connectivity index (χ3n) is 4.91. The van der Waals surface area contributed by atoms with Crippen LogP contribution in [0.5, 0.6) is 11.5 Å². The van der Waals surface area contributed by atoms with Gasteiger partial charge in [-0.15, -0.1) is 0 Å². The Morgan fingerprint density at radius 3 is 2.45 bits per heavy atom. The van der Waals surface area contributed by atoms with Crippen molar-refractivity contribution < 1.29 is 30.7 Å². The molecular formula is C23H30N2O4. The molecule has 2 aromatic rings. The molecule has 0 aromatic heterocycles. The minimum atomic E-state index is -3.20. The van der Waals surface area contributed by atoms with Crippen LogP contribution >= 0.6 is 0 Å². The van der Waals surface area contributed by atoms with Crippen molar-refractivity contribution in [3.63, 3.8) is 0 Å². The fourth-order valence-corrected chi connectivity index (χ4v) is 3.42. The maximum atomic E-state index is 11.4. The molecule has 0 amide bonds. The van der Waals surface area contributed by atoms with Gasteiger partial charge in [-0.2, -0.15) is 0 Å². The molecule has 1 fully saturated rings. The molecule has 0 saturated carbocycles. The van der Waals surface area contributed by atoms with Gasteiger partial charge < -0.3 is 29.9 Å². The molecule has 0 radical (unpaired) electrons. The Morgan fingerprint density at radius 1 is 1.00 bits per heavy atom. The molecule has 0 spiro atoms. The molecule has 3 N–H and O–H groups in total. The van der Waals surface area contributed by atoms with E-state index in [-0.39, 0.29) is 0 Å². The topological polar surface area (TPSA) is 74.2 Å². The second-order valence-electron chi connectivity index (χ2n) is 6.85. The van der Waals surface area contributed by atoms with E-state index in [4.69, 9.17) is 20.4 Å². The molecule has 2 aliphatic heterocycles. The Labute approximate surface area is 183 Å². The molecule has 156 valence electrons. The maximum Gasteiger partial charge on any atom is 0.161 e. The molecule has 2 aromatic carbocycles. The Hall–Kier alpha value is -2.12. The van der Waals surface area contributed by atoms with Crippen LogP contribution in [0.15, 0.2) is 48.5 Å². The van der Waals surface area contributed by atoms with Gasteiger partial charge in [0.05, 0.1) is 24.8 Å². The van der Waals surface area contributed by atoms with Gasteiger partial charge in [-0.05, 0) is 49.0 Å². The van der Waals surface area contributed by atoms with Gasteiger partial charge in [-0.3, -0.25) is 0 Å². The van der Waals surface area contributed by atoms with Crippen LogP contribution in [-0.4, -0.2) is 60.5 Å². The predicted octanol–water partition coefficient (Wildman–Crippen LogP) is 2.28. The van der Waals surface area contributed by atoms with E-state index in [1.54, 1.807) is 48.5 Å². The molecule has 3 atom stereocenters. The normalized spacial score (nSPS) is 30.7. The van der Waals surface area contributed by atoms with E-state index in [0.717, 1.165) is 0 Å². The summed E-state index contributed by atoms with van der Waals surface area (Å²) in [4.78, 5) is 0.471. The first kappa shape index (κ1) is 12.5. The Morgan fingerprint density at radius 2 is 1.72 bits per heavy atom. The highest BCUT2D eigenvalue weighted by Crippen LogP contribution is 2.34. The van der Waals surface area contributed by atoms with Crippen LogP contribution in [0, 0.1) is 0 Å². The number of hydrogen-bond acceptors (Lipinski definition) is 6. The SMILES string of the molecule is [2H]C1([2H])N(C[C@@H](NC(CO)c2ccccc2)[C@H](O)c2ccc3c(c2)OCCO3)C([2H])([2H])C([2H])([2H])C1([2H])[2H]. The molecule has 2 heterocycles. The van der Waals surface area contributed by atoms with Crippen LogP contribution < -0.4 is 14.8 Å². The number of benzene rings is 2. The van der Waals surface area contributed by atoms with Gasteiger partial charge in [0.2, 0.25) is 0 Å². The van der Waals surface area contributed by atoms with Crippen LogP contribution in [-0.2, 0) is 0 Å². The van der Waals surface area contributed by atoms with E-state index in [1.807, 2.05) is 0 Å². The van der Waals surface area contributed by atoms with Crippen LogP contribution in [0.2, 0.25) is 0 Å². The van der Waals surface area contributed by atoms with E-state index in [0.29, 0.717) is 40.7 Å². The minimum Gasteiger partial charge on any atom is -0.486 e. The van der Waals surface area contributed by atoms with Crippen molar-refractivity contribution in [3.05, 3.63) is 59.7 Å². The van der Waals surface area contributed by atoms with Gasteiger partial charge in [0.25, 0.3) is 0 Å². The van der Waals surface area contributed by atoms with E-state index < -0.39 is 57.1 Å². The number of ether oxygens (including phenoxy) is 2. The van der Waals surface area contributed by atoms with Crippen molar-refractivity contribution in [1.29, 1.82) is 0 Å². The Balaban J connectivity index is 1.72. The number of fused-ring (bicyclic) bond motifs is 1. The van der Waals surface area contributed by atoms with Gasteiger partial charge >= 0.3 is 0 Å². The monoisotopic (exact) mass is 406 g/mol. The predicted molar refractivity (Wildman–Crippen MR) is 111 cm³/mol. The second kappa shape index (κ2) is 9.59. The summed E-state index contributed by atoms with van der Waals surface area (Å²) >= 11 is 0. The third-order valence-corrected chi connectivity index (χ3v) is 4.91. The molecule has 0 bridgehead atoms. The lowest BCUT2D eigenvalue weighted by Crippen LogP contribution is -2.46. The lowest BCUT2D eigenvalue weighted by molar-refractivity contribution is 0.0908. The zero-order valence-electron chi connectivity index (χ0n) is 23.8. The molecule has 6 heteroatoms. The second-order valence-corrected chi connectivity index (χ2v) is 6.85. The van der Waals surface area contributed by atoms with Gasteiger partial charge in [-0.1, -0.05) is 36.4 Å². The largest absolute Gasteiger partial charge is 0.486 e. The number of nitrogens with zero attached hydrogens (tertiary/aromatic N) is 1. The van der Waals surface area contributed by atoms with Crippen molar-refractivity contribution in [2.45, 2.75) is 30.9 Å². The summed E-state index contributed by atoms with van der Waals surface area (Å²) in [5, 5.41) is 24.6. The summed E-state index contributed by atoms with van der Waals surface area (Å²) in [5.41, 5.74) is 0.986. The molecule has 1 saturated heterocycles. The summed E-state index contributed by atoms with van der Waals surface area (Å²) in [6, 6.07) is 11.6. The van der Waals surface area contributed by atoms with Crippen LogP contribution in [0.4, 0.5) is 0 Å². The van der Waals surface area contributed by atoms with Crippen LogP contribution in [0.3, 0.4) is 0 Å². The van der Waals surface area contributed by atoms with Gasteiger partial charge in [0.15, 0.2) is 11.5 Å². The molecule has 29 heavy (non-hydrogen) atoms. The number of likely N-dealkylation sites (tertiary alicyclic amines) is 1. The molecule has 6 nitrogen and oxygen atoms in total. The molecule has 2 aliphatic rings. The first-order valence-electron chi connectivity index (χ1n) is 13.5. The van der Waals surface area contributed by atoms with Gasteiger partial charge in [0, 0.05) is 17.5 Å². The summed E-state index contributed by atoms with van der Waals surface area (Å²) in [7, 11) is 0. The maximum absolute atomic E-state index is 11.4. The Kier molecular flexibility index (Phi) is 4.15. The number of nitrogens with one attached hydrogen (secondary N) is 1. The van der Waals surface area contributed by atoms with Crippen molar-refractivity contribution in [2.24, 2.45) is 0 Å². The Bertz CT molecular complexity index is 1080. The average Bonchev–Trinajstić information content (AvgIpc) is 2.94. The molecular weight excluding hydrogens is 368 g/mol. The highest BCUT2D eigenvalue weighted by molar-refractivity contribution is 5.44. The number of aliphatic hydroxyl groups is 2. The first-order valence-corrected chi connectivity index (χ1v) is 9.53. The average molecular weight is 407 g/mol. The summed E-state index contributed by atoms with van der Waals surface area (Å²) in [6.45, 7) is -6.47. The number of hydrogen-bond donors (Lipinski definition) is 3. The third kappa shape index (κ3) is 4.90. The summed E-state index contributed by atoms with van der Waals surface area (Å²) in [5.74, 6) is 0.876. The van der Waals surface area contributed by atoms with Crippen molar-refractivity contribution >= 4 is 0 Å². The first-order chi connectivity index (χ1) is 17.3. The fraction of sp³-hybridized carbons (Fsp3) is 0.478. The lowest BCUT2D eigenvalue weighted by atomic mass is 9.98. The quantitative estimate of drug-likeness (QED) is 0.625. The van der Waals surface area contributed by atoms with Crippen molar-refractivity contribution in [3.8, 4) is 11.5 Å². The summed E-state index contributed by atoms with van der Waals surface area (Å²) < 4.78 is 76.9. The fourth-order valence-electron chi connectivity index (χ4n) is 3.42. The van der Waals surface area contributed by atoms with Crippen molar-refractivity contribution in [2.75, 3.05) is 39.4 Å². The highest BCUT2D eigenvalue weighted by atomic mass is 16.6. The van der Waals surface area contributed by atoms with Gasteiger partial charge in [-0.25, -0.2) is 0 Å². The van der Waals surface area contributed by atoms with Gasteiger partial charge in [0.1, 0.15) is 13.2 Å². The van der Waals surface area contributed by atoms with E-state index in [1.165, 1.54) is 0 Å². The van der Waals surface area contributed by atoms with E-state index >= 15 is 0 Å². The minimum absolute atomic E-state index is 0.313. The number of aliphatic hydroxyl groups excluding tert-OH is 2. The smallest absolute Gasteiger partial charge is 0.161 e. The lowest BCUT2D eigenvalue weighted by Gasteiger charge is -2.32. The van der Waals surface area contributed by atoms with Crippen LogP contribution in [0.25, 0.3) is 0 Å². The molecule has 1 unspecified atom stereocenters.